The molecule has 0 spiro atoms. The molecule has 0 aliphatic rings. The number of allylic oxidation sites excluding steroid dienone is 5. The quantitative estimate of drug-likeness (QED) is 0.0320. The first-order valence-corrected chi connectivity index (χ1v) is 37.3. The van der Waals surface area contributed by atoms with Crippen LogP contribution in [0.3, 0.4) is 0 Å². The van der Waals surface area contributed by atoms with Gasteiger partial charge < -0.3 is 20.3 Å². The highest BCUT2D eigenvalue weighted by Crippen LogP contribution is 2.19. The third-order valence-electron chi connectivity index (χ3n) is 17.4. The summed E-state index contributed by atoms with van der Waals surface area (Å²) >= 11 is 0. The van der Waals surface area contributed by atoms with Crippen molar-refractivity contribution in [3.63, 3.8) is 0 Å². The molecule has 0 aromatic carbocycles. The molecule has 0 aromatic heterocycles. The Morgan fingerprint density at radius 2 is 0.573 bits per heavy atom. The average Bonchev–Trinajstić information content (AvgIpc) is 3.48. The molecule has 2 unspecified atom stereocenters. The Morgan fingerprint density at radius 3 is 0.878 bits per heavy atom. The zero-order valence-corrected chi connectivity index (χ0v) is 55.5. The molecule has 0 radical (unpaired) electrons. The van der Waals surface area contributed by atoms with Gasteiger partial charge in [-0.1, -0.05) is 352 Å². The van der Waals surface area contributed by atoms with Crippen molar-refractivity contribution in [3.05, 3.63) is 36.5 Å². The molecule has 0 saturated heterocycles. The maximum Gasteiger partial charge on any atom is 0.305 e. The highest BCUT2D eigenvalue weighted by Gasteiger charge is 2.18. The van der Waals surface area contributed by atoms with E-state index in [1.54, 1.807) is 6.08 Å². The largest absolute Gasteiger partial charge is 0.466 e. The van der Waals surface area contributed by atoms with Gasteiger partial charge >= 0.3 is 5.97 Å². The summed E-state index contributed by atoms with van der Waals surface area (Å²) in [6.45, 7) is 4.93. The minimum atomic E-state index is -0.845. The number of unbranched alkanes of at least 4 members (excludes halogenated alkanes) is 55. The van der Waals surface area contributed by atoms with Crippen LogP contribution in [0.1, 0.15) is 412 Å². The van der Waals surface area contributed by atoms with Crippen molar-refractivity contribution in [1.82, 2.24) is 5.32 Å². The zero-order valence-electron chi connectivity index (χ0n) is 55.5. The first-order chi connectivity index (χ1) is 40.5. The molecule has 1 amide bonds. The van der Waals surface area contributed by atoms with Gasteiger partial charge in [0.2, 0.25) is 5.91 Å². The number of amides is 1. The van der Waals surface area contributed by atoms with Crippen molar-refractivity contribution in [3.8, 4) is 0 Å². The number of aliphatic hydroxyl groups excluding tert-OH is 2. The Morgan fingerprint density at radius 1 is 0.329 bits per heavy atom. The van der Waals surface area contributed by atoms with Gasteiger partial charge in [0.25, 0.3) is 0 Å². The van der Waals surface area contributed by atoms with Gasteiger partial charge in [-0.05, 0) is 83.5 Å². The monoisotopic (exact) mass is 1150 g/mol. The molecular weight excluding hydrogens is 1010 g/mol. The van der Waals surface area contributed by atoms with Gasteiger partial charge in [0.15, 0.2) is 0 Å². The van der Waals surface area contributed by atoms with Gasteiger partial charge in [0.1, 0.15) is 0 Å². The number of hydrogen-bond acceptors (Lipinski definition) is 5. The van der Waals surface area contributed by atoms with E-state index in [1.165, 1.54) is 340 Å². The van der Waals surface area contributed by atoms with Crippen LogP contribution in [-0.2, 0) is 14.3 Å². The van der Waals surface area contributed by atoms with Crippen molar-refractivity contribution in [2.24, 2.45) is 0 Å². The SMILES string of the molecule is CCCCCC/C=C\CCCCCCCC(=O)OCCCCCCCCCCCCCC/C=C\CCCCCCCCCCCCCCCC(=O)NC(CO)C(O)/C=C/CCCCCCCCCCCCCCCCCCCCCCC. The first-order valence-electron chi connectivity index (χ1n) is 37.3. The molecule has 6 heteroatoms. The van der Waals surface area contributed by atoms with E-state index in [0.717, 1.165) is 44.9 Å². The van der Waals surface area contributed by atoms with Crippen molar-refractivity contribution in [1.29, 1.82) is 0 Å². The van der Waals surface area contributed by atoms with E-state index < -0.39 is 12.1 Å². The minimum absolute atomic E-state index is 0.00740. The van der Waals surface area contributed by atoms with E-state index in [4.69, 9.17) is 4.74 Å². The van der Waals surface area contributed by atoms with Crippen molar-refractivity contribution >= 4 is 11.9 Å². The second kappa shape index (κ2) is 71.6. The molecule has 0 rings (SSSR count). The lowest BCUT2D eigenvalue weighted by Gasteiger charge is -2.20. The summed E-state index contributed by atoms with van der Waals surface area (Å²) < 4.78 is 5.48. The van der Waals surface area contributed by atoms with E-state index in [9.17, 15) is 19.8 Å². The molecule has 0 saturated carbocycles. The van der Waals surface area contributed by atoms with Crippen molar-refractivity contribution < 1.29 is 24.5 Å². The number of carbonyl (C=O) groups is 2. The Balaban J connectivity index is 3.40. The molecule has 0 bridgehead atoms. The third-order valence-corrected chi connectivity index (χ3v) is 17.4. The summed E-state index contributed by atoms with van der Waals surface area (Å²) in [6.07, 6.45) is 92.4. The summed E-state index contributed by atoms with van der Waals surface area (Å²) in [5.41, 5.74) is 0. The number of hydrogen-bond donors (Lipinski definition) is 3. The van der Waals surface area contributed by atoms with Gasteiger partial charge in [0.05, 0.1) is 25.4 Å². The van der Waals surface area contributed by atoms with Crippen LogP contribution in [0.5, 0.6) is 0 Å². The fourth-order valence-electron chi connectivity index (χ4n) is 11.7. The smallest absolute Gasteiger partial charge is 0.305 e. The second-order valence-electron chi connectivity index (χ2n) is 25.6. The molecule has 0 fully saturated rings. The predicted molar refractivity (Wildman–Crippen MR) is 361 cm³/mol. The molecule has 0 aromatic rings. The standard InChI is InChI=1S/C76H145NO5/c1-3-5-7-9-11-13-15-17-18-19-20-21-29-32-35-38-41-45-48-52-56-60-64-68-74(79)73(72-78)77-75(80)69-65-61-57-53-49-46-42-39-36-33-30-27-25-23-22-24-26-28-31-34-37-40-43-47-51-55-59-63-67-71-82-76(81)70-66-62-58-54-50-44-16-14-12-10-8-6-4-2/h14,16,22,24,64,68,73-74,78-79H,3-13,15,17-21,23,25-63,65-67,69-72H2,1-2H3,(H,77,80)/b16-14-,24-22-,68-64+. The minimum Gasteiger partial charge on any atom is -0.466 e. The summed E-state index contributed by atoms with van der Waals surface area (Å²) in [4.78, 5) is 24.6. The van der Waals surface area contributed by atoms with Gasteiger partial charge in [-0.3, -0.25) is 9.59 Å². The maximum atomic E-state index is 12.5. The normalized spacial score (nSPS) is 12.7. The number of carbonyl (C=O) groups excluding carboxylic acids is 2. The van der Waals surface area contributed by atoms with Crippen LogP contribution in [0.2, 0.25) is 0 Å². The molecule has 2 atom stereocenters. The zero-order chi connectivity index (χ0) is 59.2. The van der Waals surface area contributed by atoms with Crippen molar-refractivity contribution in [2.45, 2.75) is 424 Å². The predicted octanol–water partition coefficient (Wildman–Crippen LogP) is 24.3. The Hall–Kier alpha value is -1.92. The second-order valence-corrected chi connectivity index (χ2v) is 25.6. The Labute approximate surface area is 513 Å². The molecule has 6 nitrogen and oxygen atoms in total. The van der Waals surface area contributed by atoms with Crippen LogP contribution >= 0.6 is 0 Å². The number of aliphatic hydroxyl groups is 2. The molecule has 484 valence electrons. The number of ether oxygens (including phenoxy) is 1. The highest BCUT2D eigenvalue weighted by molar-refractivity contribution is 5.76. The first kappa shape index (κ1) is 80.1. The average molecular weight is 1150 g/mol. The topological polar surface area (TPSA) is 95.9 Å². The van der Waals surface area contributed by atoms with E-state index in [-0.39, 0.29) is 18.5 Å². The van der Waals surface area contributed by atoms with Gasteiger partial charge in [-0.2, -0.15) is 0 Å². The summed E-state index contributed by atoms with van der Waals surface area (Å²) in [5, 5.41) is 23.3. The number of rotatable bonds is 70. The van der Waals surface area contributed by atoms with Crippen LogP contribution < -0.4 is 5.32 Å². The molecule has 0 aliphatic heterocycles. The van der Waals surface area contributed by atoms with Gasteiger partial charge in [0, 0.05) is 12.8 Å². The summed E-state index contributed by atoms with van der Waals surface area (Å²) in [7, 11) is 0. The van der Waals surface area contributed by atoms with E-state index in [1.807, 2.05) is 6.08 Å². The lowest BCUT2D eigenvalue weighted by molar-refractivity contribution is -0.143. The van der Waals surface area contributed by atoms with E-state index in [2.05, 4.69) is 43.5 Å². The number of esters is 1. The summed E-state index contributed by atoms with van der Waals surface area (Å²) in [6, 6.07) is -0.629. The Kier molecular flexibility index (Phi) is 69.9. The number of nitrogens with one attached hydrogen (secondary N) is 1. The molecular formula is C76H145NO5. The third kappa shape index (κ3) is 67.2. The highest BCUT2D eigenvalue weighted by atomic mass is 16.5. The van der Waals surface area contributed by atoms with Crippen LogP contribution in [0.25, 0.3) is 0 Å². The molecule has 0 aliphatic carbocycles. The molecule has 3 N–H and O–H groups in total. The van der Waals surface area contributed by atoms with Crippen LogP contribution in [-0.4, -0.2) is 47.4 Å². The molecule has 0 heterocycles. The molecule has 82 heavy (non-hydrogen) atoms. The van der Waals surface area contributed by atoms with Gasteiger partial charge in [-0.15, -0.1) is 0 Å². The fraction of sp³-hybridized carbons (Fsp3) is 0.895. The Bertz CT molecular complexity index is 1330. The fourth-order valence-corrected chi connectivity index (χ4v) is 11.7. The lowest BCUT2D eigenvalue weighted by Crippen LogP contribution is -2.45. The maximum absolute atomic E-state index is 12.5. The van der Waals surface area contributed by atoms with Crippen LogP contribution in [0, 0.1) is 0 Å². The van der Waals surface area contributed by atoms with Gasteiger partial charge in [-0.25, -0.2) is 0 Å². The van der Waals surface area contributed by atoms with E-state index in [0.29, 0.717) is 19.4 Å². The van der Waals surface area contributed by atoms with Crippen molar-refractivity contribution in [2.75, 3.05) is 13.2 Å². The van der Waals surface area contributed by atoms with Crippen LogP contribution in [0.4, 0.5) is 0 Å². The summed E-state index contributed by atoms with van der Waals surface area (Å²) in [5.74, 6) is -0.0555. The lowest BCUT2D eigenvalue weighted by atomic mass is 10.0. The van der Waals surface area contributed by atoms with Crippen LogP contribution in [0.15, 0.2) is 36.5 Å². The van der Waals surface area contributed by atoms with E-state index >= 15 is 0 Å².